The summed E-state index contributed by atoms with van der Waals surface area (Å²) in [6.07, 6.45) is 11.8. The molecule has 5 rings (SSSR count). The van der Waals surface area contributed by atoms with Gasteiger partial charge in [-0.2, -0.15) is 18.2 Å². The zero-order valence-corrected chi connectivity index (χ0v) is 33.7. The van der Waals surface area contributed by atoms with Gasteiger partial charge in [0, 0.05) is 37.1 Å². The van der Waals surface area contributed by atoms with Crippen molar-refractivity contribution in [2.75, 3.05) is 30.0 Å². The van der Waals surface area contributed by atoms with E-state index in [0.29, 0.717) is 30.0 Å². The molecule has 2 aromatic heterocycles. The average Bonchev–Trinajstić information content (AvgIpc) is 3.52. The number of hydrazone groups is 1. The summed E-state index contributed by atoms with van der Waals surface area (Å²) in [5.41, 5.74) is 6.07. The van der Waals surface area contributed by atoms with Crippen molar-refractivity contribution in [3.05, 3.63) is 83.8 Å². The van der Waals surface area contributed by atoms with E-state index in [2.05, 4.69) is 32.5 Å². The Morgan fingerprint density at radius 2 is 1.77 bits per heavy atom. The molecule has 1 aliphatic rings. The first-order chi connectivity index (χ1) is 27.5. The summed E-state index contributed by atoms with van der Waals surface area (Å²) in [6.45, 7) is 5.13. The molecule has 308 valence electrons. The lowest BCUT2D eigenvalue weighted by Crippen LogP contribution is -2.35. The Bertz CT molecular complexity index is 2020. The van der Waals surface area contributed by atoms with Crippen molar-refractivity contribution in [1.29, 1.82) is 0 Å². The number of anilines is 2. The van der Waals surface area contributed by atoms with E-state index in [1.54, 1.807) is 49.7 Å². The normalized spacial score (nSPS) is 13.1. The van der Waals surface area contributed by atoms with Gasteiger partial charge in [-0.25, -0.2) is 20.2 Å². The smallest absolute Gasteiger partial charge is 0.427 e. The number of nitrogens with one attached hydrogen (secondary N) is 3. The Balaban J connectivity index is 0.000000563. The number of imidazole rings is 1. The second-order valence-corrected chi connectivity index (χ2v) is 14.6. The van der Waals surface area contributed by atoms with Crippen LogP contribution >= 0.6 is 0 Å². The second-order valence-electron chi connectivity index (χ2n) is 13.5. The van der Waals surface area contributed by atoms with Crippen molar-refractivity contribution in [2.24, 2.45) is 12.1 Å². The van der Waals surface area contributed by atoms with Crippen molar-refractivity contribution in [1.82, 2.24) is 24.7 Å². The van der Waals surface area contributed by atoms with E-state index >= 15 is 0 Å². The summed E-state index contributed by atoms with van der Waals surface area (Å²) in [7, 11) is -2.05. The minimum absolute atomic E-state index is 0.0428. The van der Waals surface area contributed by atoms with Crippen LogP contribution in [0.15, 0.2) is 72.0 Å². The molecule has 17 heteroatoms. The highest BCUT2D eigenvalue weighted by molar-refractivity contribution is 7.83. The monoisotopic (exact) mass is 806 g/mol. The molecule has 0 aliphatic heterocycles. The van der Waals surface area contributed by atoms with Crippen LogP contribution in [0.4, 0.5) is 16.3 Å². The van der Waals surface area contributed by atoms with E-state index in [1.807, 2.05) is 41.9 Å². The number of carbonyl (C=O) groups excluding carboxylic acids is 3. The number of benzene rings is 2. The Labute approximate surface area is 334 Å². The number of aromatic nitrogens is 3. The van der Waals surface area contributed by atoms with E-state index < -0.39 is 16.4 Å². The molecule has 2 heterocycles. The molecule has 1 fully saturated rings. The summed E-state index contributed by atoms with van der Waals surface area (Å²) in [4.78, 5) is 48.0. The van der Waals surface area contributed by atoms with Gasteiger partial charge in [-0.15, -0.1) is 0 Å². The van der Waals surface area contributed by atoms with Crippen LogP contribution in [0.25, 0.3) is 11.0 Å². The maximum Gasteiger partial charge on any atom is 0.427 e. The van der Waals surface area contributed by atoms with E-state index in [4.69, 9.17) is 19.0 Å². The fraction of sp³-hybridized carbons (Fsp3) is 0.450. The molecule has 16 nitrogen and oxygen atoms in total. The van der Waals surface area contributed by atoms with Gasteiger partial charge in [0.25, 0.3) is 5.91 Å². The molecule has 1 saturated carbocycles. The lowest BCUT2D eigenvalue weighted by Gasteiger charge is -2.21. The molecule has 0 saturated heterocycles. The first-order valence-corrected chi connectivity index (χ1v) is 20.8. The van der Waals surface area contributed by atoms with Gasteiger partial charge in [0.15, 0.2) is 0 Å². The predicted octanol–water partition coefficient (Wildman–Crippen LogP) is 6.53. The predicted molar refractivity (Wildman–Crippen MR) is 219 cm³/mol. The molecular weight excluding hydrogens is 753 g/mol. The van der Waals surface area contributed by atoms with Gasteiger partial charge in [-0.3, -0.25) is 19.0 Å². The molecule has 2 amide bonds. The summed E-state index contributed by atoms with van der Waals surface area (Å²) in [6, 6.07) is 18.2. The minimum Gasteiger partial charge on any atom is -0.466 e. The lowest BCUT2D eigenvalue weighted by molar-refractivity contribution is -0.142. The third-order valence-electron chi connectivity index (χ3n) is 9.12. The van der Waals surface area contributed by atoms with Gasteiger partial charge in [0.05, 0.1) is 43.4 Å². The van der Waals surface area contributed by atoms with Crippen molar-refractivity contribution in [2.45, 2.75) is 90.6 Å². The van der Waals surface area contributed by atoms with Crippen LogP contribution in [0.2, 0.25) is 0 Å². The Morgan fingerprint density at radius 3 is 2.46 bits per heavy atom. The number of carbonyl (C=O) groups is 3. The van der Waals surface area contributed by atoms with Crippen molar-refractivity contribution in [3.8, 4) is 0 Å². The van der Waals surface area contributed by atoms with Crippen LogP contribution in [0.3, 0.4) is 0 Å². The number of amides is 2. The zero-order chi connectivity index (χ0) is 41.0. The number of ether oxygens (including phenoxy) is 2. The zero-order valence-electron chi connectivity index (χ0n) is 32.9. The van der Waals surface area contributed by atoms with E-state index in [9.17, 15) is 22.8 Å². The van der Waals surface area contributed by atoms with Gasteiger partial charge in [-0.1, -0.05) is 63.6 Å². The molecule has 4 N–H and O–H groups in total. The van der Waals surface area contributed by atoms with Gasteiger partial charge in [0.1, 0.15) is 11.6 Å². The van der Waals surface area contributed by atoms with Crippen LogP contribution in [0.5, 0.6) is 0 Å². The number of esters is 1. The summed E-state index contributed by atoms with van der Waals surface area (Å²) in [5.74, 6) is 0.575. The first-order valence-electron chi connectivity index (χ1n) is 19.4. The minimum atomic E-state index is -3.97. The number of fused-ring (bicyclic) bond motifs is 1. The van der Waals surface area contributed by atoms with Crippen molar-refractivity contribution in [3.63, 3.8) is 0 Å². The highest BCUT2D eigenvalue weighted by Gasteiger charge is 2.22. The largest absolute Gasteiger partial charge is 0.466 e. The standard InChI is InChI=1S/C34H41N7O5.C6H13NO3S/c1-4-6-7-10-21-46-34(44)39-37-23-25-12-15-27(16-13-25)36-24-31-38-28-22-26(14-17-29(28)40(31)3)33(43)41(20-18-32(42)45-5-2)30-11-8-9-19-35-30;8-11(9,10)7-6-4-2-1-3-5-6/h8-9,11-17,19,22-23,36H,4-7,10,18,20-21,24H2,1-3H3,(H,39,44);6-7H,1-5H2,(H,8,9,10)/b37-23+;. The average molecular weight is 807 g/mol. The van der Waals surface area contributed by atoms with E-state index in [0.717, 1.165) is 74.0 Å². The molecule has 0 unspecified atom stereocenters. The van der Waals surface area contributed by atoms with E-state index in [1.165, 1.54) is 11.3 Å². The summed E-state index contributed by atoms with van der Waals surface area (Å²) >= 11 is 0. The molecule has 2 aromatic carbocycles. The third-order valence-corrected chi connectivity index (χ3v) is 9.75. The van der Waals surface area contributed by atoms with Crippen LogP contribution in [-0.4, -0.2) is 77.5 Å². The van der Waals surface area contributed by atoms with Gasteiger partial charge >= 0.3 is 22.4 Å². The molecule has 0 bridgehead atoms. The maximum atomic E-state index is 13.6. The third kappa shape index (κ3) is 15.2. The Kier molecular flexibility index (Phi) is 17.9. The number of rotatable bonds is 18. The van der Waals surface area contributed by atoms with Gasteiger partial charge in [0.2, 0.25) is 0 Å². The lowest BCUT2D eigenvalue weighted by atomic mass is 9.96. The molecular formula is C40H54N8O8S. The number of hydrogen-bond donors (Lipinski definition) is 4. The quantitative estimate of drug-likeness (QED) is 0.0280. The first kappa shape index (κ1) is 44.3. The number of nitrogens with zero attached hydrogens (tertiary/aromatic N) is 5. The number of pyridine rings is 1. The molecule has 1 aliphatic carbocycles. The Hall–Kier alpha value is -5.39. The van der Waals surface area contributed by atoms with Crippen LogP contribution in [0, 0.1) is 0 Å². The SMILES string of the molecule is CCCCCCOC(=O)N/N=C/c1ccc(NCc2nc3cc(C(=O)N(CCC(=O)OCC)c4ccccn4)ccc3n2C)cc1.O=S(=O)(O)NC1CCCCC1. The number of aryl methyl sites for hydroxylation is 1. The van der Waals surface area contributed by atoms with Crippen molar-refractivity contribution < 1.29 is 36.8 Å². The van der Waals surface area contributed by atoms with Crippen LogP contribution in [-0.2, 0) is 38.2 Å². The topological polar surface area (TPSA) is 206 Å². The van der Waals surface area contributed by atoms with Crippen molar-refractivity contribution >= 4 is 57.0 Å². The second kappa shape index (κ2) is 23.0. The molecule has 4 aromatic rings. The van der Waals surface area contributed by atoms with Gasteiger partial charge < -0.3 is 19.4 Å². The van der Waals surface area contributed by atoms with Crippen LogP contribution < -0.4 is 20.4 Å². The summed E-state index contributed by atoms with van der Waals surface area (Å²) in [5, 5.41) is 7.33. The van der Waals surface area contributed by atoms with E-state index in [-0.39, 0.29) is 37.5 Å². The van der Waals surface area contributed by atoms with Gasteiger partial charge in [-0.05, 0) is 74.2 Å². The molecule has 0 radical (unpaired) electrons. The fourth-order valence-corrected chi connectivity index (χ4v) is 6.81. The summed E-state index contributed by atoms with van der Waals surface area (Å²) < 4.78 is 43.4. The molecule has 0 spiro atoms. The van der Waals surface area contributed by atoms with Crippen LogP contribution in [0.1, 0.15) is 99.8 Å². The molecule has 57 heavy (non-hydrogen) atoms. The molecule has 0 atom stereocenters. The highest BCUT2D eigenvalue weighted by atomic mass is 32.2. The fourth-order valence-electron chi connectivity index (χ4n) is 6.15. The number of hydrogen-bond acceptors (Lipinski definition) is 11. The number of unbranched alkanes of at least 4 members (excludes halogenated alkanes) is 3. The Morgan fingerprint density at radius 1 is 1.00 bits per heavy atom. The highest BCUT2D eigenvalue weighted by Crippen LogP contribution is 2.22. The maximum absolute atomic E-state index is 13.6.